The summed E-state index contributed by atoms with van der Waals surface area (Å²) in [6, 6.07) is 9.28. The van der Waals surface area contributed by atoms with Crippen molar-refractivity contribution in [3.05, 3.63) is 30.3 Å². The van der Waals surface area contributed by atoms with Crippen LogP contribution in [-0.4, -0.2) is 18.6 Å². The Morgan fingerprint density at radius 1 is 1.28 bits per heavy atom. The zero-order valence-electron chi connectivity index (χ0n) is 10.2. The molecule has 2 bridgehead atoms. The SMILES string of the molecule is O=C(NOc1ccccc1)[C@@H]1CC[C@H]2C[C@@H]1CO2. The predicted molar refractivity (Wildman–Crippen MR) is 65.8 cm³/mol. The summed E-state index contributed by atoms with van der Waals surface area (Å²) in [6.45, 7) is 0.716. The average Bonchev–Trinajstić information content (AvgIpc) is 2.79. The van der Waals surface area contributed by atoms with E-state index in [9.17, 15) is 4.79 Å². The number of carbonyl (C=O) groups excluding carboxylic acids is 1. The molecule has 1 aliphatic heterocycles. The van der Waals surface area contributed by atoms with Crippen molar-refractivity contribution in [2.75, 3.05) is 6.61 Å². The number of benzene rings is 1. The standard InChI is InChI=1S/C14H17NO3/c16-14(15-18-11-4-2-1-3-5-11)13-7-6-12-8-10(13)9-17-12/h1-5,10,12-13H,6-9H2,(H,15,16)/t10-,12+,13-/m1/s1. The maximum atomic E-state index is 12.1. The lowest BCUT2D eigenvalue weighted by Gasteiger charge is -2.25. The predicted octanol–water partition coefficient (Wildman–Crippen LogP) is 1.91. The summed E-state index contributed by atoms with van der Waals surface area (Å²) in [5, 5.41) is 0. The van der Waals surface area contributed by atoms with Gasteiger partial charge in [0.25, 0.3) is 5.91 Å². The van der Waals surface area contributed by atoms with E-state index in [4.69, 9.17) is 9.57 Å². The molecule has 0 aromatic heterocycles. The molecule has 0 spiro atoms. The largest absolute Gasteiger partial charge is 0.380 e. The van der Waals surface area contributed by atoms with Crippen LogP contribution in [0.1, 0.15) is 19.3 Å². The van der Waals surface area contributed by atoms with Gasteiger partial charge in [-0.1, -0.05) is 18.2 Å². The van der Waals surface area contributed by atoms with Crippen LogP contribution in [-0.2, 0) is 9.53 Å². The van der Waals surface area contributed by atoms with E-state index < -0.39 is 0 Å². The van der Waals surface area contributed by atoms with Crippen LogP contribution in [0.2, 0.25) is 0 Å². The third kappa shape index (κ3) is 2.34. The molecule has 0 radical (unpaired) electrons. The van der Waals surface area contributed by atoms with E-state index in [1.54, 1.807) is 0 Å². The van der Waals surface area contributed by atoms with Gasteiger partial charge in [0.05, 0.1) is 12.7 Å². The fourth-order valence-corrected chi connectivity index (χ4v) is 2.83. The Bertz CT molecular complexity index is 420. The molecule has 0 unspecified atom stereocenters. The summed E-state index contributed by atoms with van der Waals surface area (Å²) in [4.78, 5) is 17.4. The third-order valence-corrected chi connectivity index (χ3v) is 3.83. The Hall–Kier alpha value is -1.55. The number of rotatable bonds is 3. The normalized spacial score (nSPS) is 29.9. The lowest BCUT2D eigenvalue weighted by Crippen LogP contribution is -2.38. The molecule has 96 valence electrons. The molecule has 3 atom stereocenters. The molecule has 1 amide bonds. The van der Waals surface area contributed by atoms with Gasteiger partial charge in [0.1, 0.15) is 0 Å². The molecule has 18 heavy (non-hydrogen) atoms. The van der Waals surface area contributed by atoms with E-state index in [1.165, 1.54) is 0 Å². The molecular weight excluding hydrogens is 230 g/mol. The van der Waals surface area contributed by atoms with Crippen LogP contribution in [0.4, 0.5) is 0 Å². The summed E-state index contributed by atoms with van der Waals surface area (Å²) >= 11 is 0. The van der Waals surface area contributed by atoms with Crippen LogP contribution in [0.5, 0.6) is 5.75 Å². The number of nitrogens with one attached hydrogen (secondary N) is 1. The first kappa shape index (κ1) is 11.5. The Kier molecular flexibility index (Phi) is 3.19. The van der Waals surface area contributed by atoms with E-state index in [2.05, 4.69) is 5.48 Å². The number of carbonyl (C=O) groups is 1. The summed E-state index contributed by atoms with van der Waals surface area (Å²) in [6.07, 6.45) is 3.29. The number of hydrogen-bond acceptors (Lipinski definition) is 3. The Morgan fingerprint density at radius 2 is 2.11 bits per heavy atom. The quantitative estimate of drug-likeness (QED) is 0.830. The monoisotopic (exact) mass is 247 g/mol. The van der Waals surface area contributed by atoms with E-state index >= 15 is 0 Å². The highest BCUT2D eigenvalue weighted by Crippen LogP contribution is 2.37. The van der Waals surface area contributed by atoms with Crippen LogP contribution in [0, 0.1) is 11.8 Å². The highest BCUT2D eigenvalue weighted by atomic mass is 16.7. The summed E-state index contributed by atoms with van der Waals surface area (Å²) in [5.74, 6) is 1.03. The minimum absolute atomic E-state index is 0.0206. The molecular formula is C14H17NO3. The number of hydroxylamine groups is 1. The van der Waals surface area contributed by atoms with Gasteiger partial charge in [-0.25, -0.2) is 0 Å². The molecule has 4 nitrogen and oxygen atoms in total. The molecule has 1 N–H and O–H groups in total. The van der Waals surface area contributed by atoms with Crippen LogP contribution in [0.25, 0.3) is 0 Å². The topological polar surface area (TPSA) is 47.6 Å². The Morgan fingerprint density at radius 3 is 2.94 bits per heavy atom. The summed E-state index contributed by atoms with van der Waals surface area (Å²) in [5.41, 5.74) is 2.56. The Labute approximate surface area is 106 Å². The van der Waals surface area contributed by atoms with Gasteiger partial charge >= 0.3 is 0 Å². The highest BCUT2D eigenvalue weighted by Gasteiger charge is 2.40. The highest BCUT2D eigenvalue weighted by molar-refractivity contribution is 5.78. The van der Waals surface area contributed by atoms with Gasteiger partial charge in [-0.2, -0.15) is 5.48 Å². The number of fused-ring (bicyclic) bond motifs is 2. The second-order valence-corrected chi connectivity index (χ2v) is 5.02. The molecule has 1 aromatic carbocycles. The van der Waals surface area contributed by atoms with Crippen molar-refractivity contribution in [3.8, 4) is 5.75 Å². The van der Waals surface area contributed by atoms with Crippen molar-refractivity contribution in [3.63, 3.8) is 0 Å². The third-order valence-electron chi connectivity index (χ3n) is 3.83. The van der Waals surface area contributed by atoms with Gasteiger partial charge in [-0.05, 0) is 37.3 Å². The molecule has 3 rings (SSSR count). The molecule has 1 aromatic rings. The van der Waals surface area contributed by atoms with Crippen molar-refractivity contribution in [1.29, 1.82) is 0 Å². The first-order valence-electron chi connectivity index (χ1n) is 6.46. The lowest BCUT2D eigenvalue weighted by molar-refractivity contribution is -0.134. The Balaban J connectivity index is 1.55. The molecule has 1 saturated heterocycles. The van der Waals surface area contributed by atoms with E-state index in [-0.39, 0.29) is 11.8 Å². The van der Waals surface area contributed by atoms with Crippen LogP contribution >= 0.6 is 0 Å². The maximum absolute atomic E-state index is 12.1. The zero-order chi connectivity index (χ0) is 12.4. The second-order valence-electron chi connectivity index (χ2n) is 5.02. The molecule has 2 aliphatic rings. The smallest absolute Gasteiger partial charge is 0.256 e. The van der Waals surface area contributed by atoms with Crippen molar-refractivity contribution < 1.29 is 14.4 Å². The zero-order valence-corrected chi connectivity index (χ0v) is 10.2. The van der Waals surface area contributed by atoms with Gasteiger partial charge < -0.3 is 9.57 Å². The van der Waals surface area contributed by atoms with Crippen molar-refractivity contribution in [1.82, 2.24) is 5.48 Å². The van der Waals surface area contributed by atoms with Gasteiger partial charge in [0, 0.05) is 5.92 Å². The average molecular weight is 247 g/mol. The number of ether oxygens (including phenoxy) is 1. The maximum Gasteiger partial charge on any atom is 0.256 e. The van der Waals surface area contributed by atoms with E-state index in [1.807, 2.05) is 30.3 Å². The molecule has 2 fully saturated rings. The summed E-state index contributed by atoms with van der Waals surface area (Å²) < 4.78 is 5.60. The van der Waals surface area contributed by atoms with E-state index in [0.29, 0.717) is 24.4 Å². The van der Waals surface area contributed by atoms with Crippen molar-refractivity contribution >= 4 is 5.91 Å². The van der Waals surface area contributed by atoms with Crippen molar-refractivity contribution in [2.45, 2.75) is 25.4 Å². The van der Waals surface area contributed by atoms with Gasteiger partial charge in [0.2, 0.25) is 0 Å². The molecule has 1 saturated carbocycles. The van der Waals surface area contributed by atoms with Crippen LogP contribution < -0.4 is 10.3 Å². The van der Waals surface area contributed by atoms with Crippen LogP contribution in [0.3, 0.4) is 0 Å². The van der Waals surface area contributed by atoms with Gasteiger partial charge in [0.15, 0.2) is 5.75 Å². The fraction of sp³-hybridized carbons (Fsp3) is 0.500. The van der Waals surface area contributed by atoms with Gasteiger partial charge in [-0.3, -0.25) is 4.79 Å². The number of amides is 1. The molecule has 1 aliphatic carbocycles. The molecule has 4 heteroatoms. The number of para-hydroxylation sites is 1. The number of hydrogen-bond donors (Lipinski definition) is 1. The summed E-state index contributed by atoms with van der Waals surface area (Å²) in [7, 11) is 0. The minimum atomic E-state index is -0.0206. The first-order valence-corrected chi connectivity index (χ1v) is 6.46. The minimum Gasteiger partial charge on any atom is -0.380 e. The van der Waals surface area contributed by atoms with E-state index in [0.717, 1.165) is 19.3 Å². The first-order chi connectivity index (χ1) is 8.83. The van der Waals surface area contributed by atoms with Crippen molar-refractivity contribution in [2.24, 2.45) is 11.8 Å². The lowest BCUT2D eigenvalue weighted by atomic mass is 9.80. The van der Waals surface area contributed by atoms with Crippen LogP contribution in [0.15, 0.2) is 30.3 Å². The van der Waals surface area contributed by atoms with Gasteiger partial charge in [-0.15, -0.1) is 0 Å². The molecule has 1 heterocycles. The fourth-order valence-electron chi connectivity index (χ4n) is 2.83. The second kappa shape index (κ2) is 4.98.